The number of fused-ring (bicyclic) bond motifs is 1. The largest absolute Gasteiger partial charge is 0.453 e. The zero-order chi connectivity index (χ0) is 18.8. The molecule has 1 aromatic carbocycles. The van der Waals surface area contributed by atoms with Gasteiger partial charge in [0.25, 0.3) is 0 Å². The molecule has 6 nitrogen and oxygen atoms in total. The second-order valence-corrected chi connectivity index (χ2v) is 7.14. The topological polar surface area (TPSA) is 88.3 Å². The number of ether oxygens (including phenoxy) is 1. The maximum absolute atomic E-state index is 12.6. The van der Waals surface area contributed by atoms with Crippen LogP contribution in [0.15, 0.2) is 30.5 Å². The normalized spacial score (nSPS) is 14.0. The van der Waals surface area contributed by atoms with Gasteiger partial charge >= 0.3 is 5.97 Å². The molecule has 0 aliphatic heterocycles. The lowest BCUT2D eigenvalue weighted by Gasteiger charge is -2.22. The first-order valence-electron chi connectivity index (χ1n) is 8.23. The Balaban J connectivity index is 2.03. The zero-order valence-corrected chi connectivity index (χ0v) is 15.2. The van der Waals surface area contributed by atoms with Crippen LogP contribution in [0.2, 0.25) is 0 Å². The van der Waals surface area contributed by atoms with Gasteiger partial charge < -0.3 is 15.0 Å². The first-order chi connectivity index (χ1) is 11.6. The van der Waals surface area contributed by atoms with Gasteiger partial charge in [0.05, 0.1) is 0 Å². The molecule has 2 N–H and O–H groups in total. The molecular weight excluding hydrogens is 320 g/mol. The molecular formula is C19H24N2O4. The van der Waals surface area contributed by atoms with Crippen molar-refractivity contribution in [1.29, 1.82) is 0 Å². The van der Waals surface area contributed by atoms with Crippen LogP contribution in [0.4, 0.5) is 0 Å². The highest BCUT2D eigenvalue weighted by molar-refractivity contribution is 6.10. The van der Waals surface area contributed by atoms with Gasteiger partial charge in [0.1, 0.15) is 6.04 Å². The number of H-pyrrole nitrogens is 1. The number of esters is 1. The smallest absolute Gasteiger partial charge is 0.329 e. The van der Waals surface area contributed by atoms with Crippen molar-refractivity contribution < 1.29 is 19.1 Å². The number of carbonyl (C=O) groups excluding carboxylic acids is 3. The molecule has 0 fully saturated rings. The SMILES string of the molecule is C[C@H](NC(=O)C(C)(C)C)C(=O)O[C@@H](C)C(=O)c1c[nH]c2ccccc12. The number of rotatable bonds is 5. The Labute approximate surface area is 146 Å². The molecule has 2 aromatic rings. The van der Waals surface area contributed by atoms with Gasteiger partial charge in [-0.3, -0.25) is 9.59 Å². The van der Waals surface area contributed by atoms with Gasteiger partial charge in [0.15, 0.2) is 6.10 Å². The molecule has 0 saturated heterocycles. The van der Waals surface area contributed by atoms with Crippen molar-refractivity contribution in [3.05, 3.63) is 36.0 Å². The second kappa shape index (κ2) is 7.09. The predicted octanol–water partition coefficient (Wildman–Crippen LogP) is 2.83. The number of aromatic amines is 1. The molecule has 0 saturated carbocycles. The van der Waals surface area contributed by atoms with Gasteiger partial charge in [-0.2, -0.15) is 0 Å². The number of Topliss-reactive ketones (excluding diaryl/α,β-unsaturated/α-hetero) is 1. The maximum atomic E-state index is 12.6. The summed E-state index contributed by atoms with van der Waals surface area (Å²) in [4.78, 5) is 39.7. The van der Waals surface area contributed by atoms with Crippen molar-refractivity contribution in [2.75, 3.05) is 0 Å². The summed E-state index contributed by atoms with van der Waals surface area (Å²) in [6.45, 7) is 8.33. The second-order valence-electron chi connectivity index (χ2n) is 7.14. The third-order valence-electron chi connectivity index (χ3n) is 3.90. The summed E-state index contributed by atoms with van der Waals surface area (Å²) < 4.78 is 5.24. The van der Waals surface area contributed by atoms with Crippen LogP contribution in [0.1, 0.15) is 45.0 Å². The van der Waals surface area contributed by atoms with Gasteiger partial charge in [0.2, 0.25) is 11.7 Å². The predicted molar refractivity (Wildman–Crippen MR) is 95.2 cm³/mol. The van der Waals surface area contributed by atoms with Crippen LogP contribution in [-0.2, 0) is 14.3 Å². The summed E-state index contributed by atoms with van der Waals surface area (Å²) in [5.41, 5.74) is 0.706. The minimum Gasteiger partial charge on any atom is -0.453 e. The van der Waals surface area contributed by atoms with Crippen LogP contribution >= 0.6 is 0 Å². The molecule has 1 aromatic heterocycles. The van der Waals surface area contributed by atoms with Crippen molar-refractivity contribution in [3.63, 3.8) is 0 Å². The minimum atomic E-state index is -0.944. The summed E-state index contributed by atoms with van der Waals surface area (Å²) in [7, 11) is 0. The van der Waals surface area contributed by atoms with E-state index in [-0.39, 0.29) is 11.7 Å². The quantitative estimate of drug-likeness (QED) is 0.645. The van der Waals surface area contributed by atoms with Crippen molar-refractivity contribution in [2.24, 2.45) is 5.41 Å². The molecule has 0 unspecified atom stereocenters. The molecule has 25 heavy (non-hydrogen) atoms. The zero-order valence-electron chi connectivity index (χ0n) is 15.2. The minimum absolute atomic E-state index is 0.257. The molecule has 6 heteroatoms. The third-order valence-corrected chi connectivity index (χ3v) is 3.90. The number of aromatic nitrogens is 1. The number of benzene rings is 1. The molecule has 0 aliphatic rings. The first-order valence-corrected chi connectivity index (χ1v) is 8.23. The third kappa shape index (κ3) is 4.26. The number of para-hydroxylation sites is 1. The van der Waals surface area contributed by atoms with Crippen LogP contribution in [-0.4, -0.2) is 34.8 Å². The van der Waals surface area contributed by atoms with E-state index >= 15 is 0 Å². The van der Waals surface area contributed by atoms with Crippen molar-refractivity contribution >= 4 is 28.6 Å². The molecule has 134 valence electrons. The Bertz CT molecular complexity index is 801. The fraction of sp³-hybridized carbons (Fsp3) is 0.421. The molecule has 2 atom stereocenters. The Morgan fingerprint density at radius 3 is 2.40 bits per heavy atom. The molecule has 2 rings (SSSR count). The number of hydrogen-bond donors (Lipinski definition) is 2. The number of nitrogens with one attached hydrogen (secondary N) is 2. The Morgan fingerprint density at radius 1 is 1.12 bits per heavy atom. The van der Waals surface area contributed by atoms with E-state index < -0.39 is 23.5 Å². The van der Waals surface area contributed by atoms with Crippen LogP contribution in [0.25, 0.3) is 10.9 Å². The lowest BCUT2D eigenvalue weighted by Crippen LogP contribution is -2.45. The fourth-order valence-electron chi connectivity index (χ4n) is 2.30. The van der Waals surface area contributed by atoms with Crippen LogP contribution in [0.3, 0.4) is 0 Å². The van der Waals surface area contributed by atoms with E-state index in [9.17, 15) is 14.4 Å². The van der Waals surface area contributed by atoms with Crippen molar-refractivity contribution in [1.82, 2.24) is 10.3 Å². The first kappa shape index (κ1) is 18.7. The average molecular weight is 344 g/mol. The number of hydrogen-bond acceptors (Lipinski definition) is 4. The summed E-state index contributed by atoms with van der Waals surface area (Å²) in [6.07, 6.45) is 0.669. The highest BCUT2D eigenvalue weighted by Gasteiger charge is 2.28. The summed E-state index contributed by atoms with van der Waals surface area (Å²) >= 11 is 0. The van der Waals surface area contributed by atoms with E-state index in [0.717, 1.165) is 10.9 Å². The molecule has 0 bridgehead atoms. The summed E-state index contributed by atoms with van der Waals surface area (Å²) in [5.74, 6) is -1.19. The number of carbonyl (C=O) groups is 3. The Kier molecular flexibility index (Phi) is 5.30. The van der Waals surface area contributed by atoms with Crippen LogP contribution in [0.5, 0.6) is 0 Å². The lowest BCUT2D eigenvalue weighted by atomic mass is 9.95. The van der Waals surface area contributed by atoms with Gasteiger partial charge in [-0.1, -0.05) is 39.0 Å². The van der Waals surface area contributed by atoms with E-state index in [1.165, 1.54) is 13.8 Å². The van der Waals surface area contributed by atoms with Gasteiger partial charge in [0, 0.05) is 28.1 Å². The molecule has 0 spiro atoms. The van der Waals surface area contributed by atoms with Gasteiger partial charge in [-0.25, -0.2) is 4.79 Å². The Morgan fingerprint density at radius 2 is 1.76 bits per heavy atom. The van der Waals surface area contributed by atoms with Gasteiger partial charge in [-0.15, -0.1) is 0 Å². The number of amides is 1. The highest BCUT2D eigenvalue weighted by Crippen LogP contribution is 2.20. The van der Waals surface area contributed by atoms with E-state index in [1.54, 1.807) is 27.0 Å². The van der Waals surface area contributed by atoms with Gasteiger partial charge in [-0.05, 0) is 19.9 Å². The maximum Gasteiger partial charge on any atom is 0.329 e. The fourth-order valence-corrected chi connectivity index (χ4v) is 2.30. The van der Waals surface area contributed by atoms with Crippen LogP contribution in [0, 0.1) is 5.41 Å². The van der Waals surface area contributed by atoms with Crippen LogP contribution < -0.4 is 5.32 Å². The standard InChI is InChI=1S/C19H24N2O4/c1-11(21-18(24)19(3,4)5)17(23)25-12(2)16(22)14-10-20-15-9-7-6-8-13(14)15/h6-12,20H,1-5H3,(H,21,24)/t11-,12-/m0/s1. The Hall–Kier alpha value is -2.63. The van der Waals surface area contributed by atoms with Crippen molar-refractivity contribution in [2.45, 2.75) is 46.8 Å². The summed E-state index contributed by atoms with van der Waals surface area (Å²) in [6, 6.07) is 6.58. The van der Waals surface area contributed by atoms with E-state index in [0.29, 0.717) is 5.56 Å². The van der Waals surface area contributed by atoms with E-state index in [1.807, 2.05) is 24.3 Å². The van der Waals surface area contributed by atoms with E-state index in [2.05, 4.69) is 10.3 Å². The van der Waals surface area contributed by atoms with Crippen molar-refractivity contribution in [3.8, 4) is 0 Å². The molecule has 0 radical (unpaired) electrons. The highest BCUT2D eigenvalue weighted by atomic mass is 16.5. The average Bonchev–Trinajstić information content (AvgIpc) is 2.96. The number of ketones is 1. The van der Waals surface area contributed by atoms with E-state index in [4.69, 9.17) is 4.74 Å². The summed E-state index contributed by atoms with van der Waals surface area (Å²) in [5, 5.41) is 3.38. The monoisotopic (exact) mass is 344 g/mol. The molecule has 0 aliphatic carbocycles. The molecule has 1 amide bonds. The molecule has 1 heterocycles. The lowest BCUT2D eigenvalue weighted by molar-refractivity contribution is -0.150.